The third-order valence-electron chi connectivity index (χ3n) is 4.39. The average Bonchev–Trinajstić information content (AvgIpc) is 2.79. The zero-order valence-electron chi connectivity index (χ0n) is 17.1. The van der Waals surface area contributed by atoms with Gasteiger partial charge >= 0.3 is 0 Å². The molecule has 30 heavy (non-hydrogen) atoms. The number of aliphatic hydroxyl groups excluding tert-OH is 1. The maximum absolute atomic E-state index is 9.63. The molecular weight excluding hydrogens is 384 g/mol. The molecule has 0 radical (unpaired) electrons. The van der Waals surface area contributed by atoms with Crippen LogP contribution in [-0.4, -0.2) is 60.7 Å². The Hall–Kier alpha value is -3.72. The fourth-order valence-electron chi connectivity index (χ4n) is 2.95. The van der Waals surface area contributed by atoms with Crippen molar-refractivity contribution in [2.24, 2.45) is 0 Å². The third kappa shape index (κ3) is 4.47. The number of nitrogens with zero attached hydrogens (tertiary/aromatic N) is 4. The van der Waals surface area contributed by atoms with Crippen LogP contribution in [0.15, 0.2) is 42.7 Å². The molecular formula is C21H24N6O3. The fourth-order valence-corrected chi connectivity index (χ4v) is 2.95. The molecule has 3 aromatic rings. The Morgan fingerprint density at radius 3 is 2.50 bits per heavy atom. The topological polar surface area (TPSA) is 116 Å². The lowest BCUT2D eigenvalue weighted by molar-refractivity contribution is 0.305. The number of aliphatic hydroxyl groups is 1. The molecule has 3 N–H and O–H groups in total. The van der Waals surface area contributed by atoms with Crippen LogP contribution < -0.4 is 19.7 Å². The van der Waals surface area contributed by atoms with E-state index in [0.717, 1.165) is 5.69 Å². The van der Waals surface area contributed by atoms with Crippen molar-refractivity contribution >= 4 is 34.5 Å². The zero-order valence-corrected chi connectivity index (χ0v) is 17.1. The van der Waals surface area contributed by atoms with E-state index in [-0.39, 0.29) is 6.61 Å². The Labute approximate surface area is 174 Å². The highest BCUT2D eigenvalue weighted by Crippen LogP contribution is 2.32. The van der Waals surface area contributed by atoms with Gasteiger partial charge in [-0.25, -0.2) is 9.97 Å². The minimum Gasteiger partial charge on any atom is -0.497 e. The van der Waals surface area contributed by atoms with E-state index in [1.54, 1.807) is 39.7 Å². The number of allylic oxidation sites excluding steroid dienone is 1. The van der Waals surface area contributed by atoms with Gasteiger partial charge in [0, 0.05) is 55.5 Å². The fraction of sp³-hybridized carbons (Fsp3) is 0.238. The molecule has 0 aliphatic heterocycles. The number of rotatable bonds is 9. The van der Waals surface area contributed by atoms with Crippen LogP contribution in [0.1, 0.15) is 5.69 Å². The molecule has 0 bridgehead atoms. The SMILES string of the molecule is CN/C=C(\C=N)c1cnc2ccc(N(CCO)c3cc(OC)cc(OC)c3)nc2n1. The molecule has 0 spiro atoms. The average molecular weight is 408 g/mol. The molecule has 0 saturated carbocycles. The second-order valence-corrected chi connectivity index (χ2v) is 6.25. The van der Waals surface area contributed by atoms with E-state index in [1.807, 2.05) is 29.2 Å². The van der Waals surface area contributed by atoms with Crippen molar-refractivity contribution in [1.82, 2.24) is 20.3 Å². The van der Waals surface area contributed by atoms with Crippen LogP contribution in [-0.2, 0) is 0 Å². The molecule has 0 unspecified atom stereocenters. The minimum atomic E-state index is -0.0756. The van der Waals surface area contributed by atoms with Crippen molar-refractivity contribution in [3.8, 4) is 11.5 Å². The summed E-state index contributed by atoms with van der Waals surface area (Å²) in [6.45, 7) is 0.237. The van der Waals surface area contributed by atoms with Crippen LogP contribution in [0.2, 0.25) is 0 Å². The maximum Gasteiger partial charge on any atom is 0.180 e. The van der Waals surface area contributed by atoms with E-state index >= 15 is 0 Å². The van der Waals surface area contributed by atoms with Crippen LogP contribution in [0, 0.1) is 5.41 Å². The highest BCUT2D eigenvalue weighted by Gasteiger charge is 2.15. The van der Waals surface area contributed by atoms with Crippen molar-refractivity contribution in [2.45, 2.75) is 0 Å². The first-order valence-corrected chi connectivity index (χ1v) is 9.27. The number of fused-ring (bicyclic) bond motifs is 1. The molecule has 3 rings (SSSR count). The Bertz CT molecular complexity index is 1050. The molecule has 2 heterocycles. The number of pyridine rings is 1. The third-order valence-corrected chi connectivity index (χ3v) is 4.39. The zero-order chi connectivity index (χ0) is 21.5. The van der Waals surface area contributed by atoms with E-state index < -0.39 is 0 Å². The normalized spacial score (nSPS) is 11.3. The van der Waals surface area contributed by atoms with Gasteiger partial charge in [0.05, 0.1) is 32.7 Å². The molecule has 1 aromatic carbocycles. The van der Waals surface area contributed by atoms with Gasteiger partial charge in [-0.15, -0.1) is 0 Å². The number of anilines is 2. The Balaban J connectivity index is 2.09. The first-order valence-electron chi connectivity index (χ1n) is 9.27. The number of nitrogens with one attached hydrogen (secondary N) is 2. The summed E-state index contributed by atoms with van der Waals surface area (Å²) in [5, 5.41) is 20.1. The molecule has 0 aliphatic carbocycles. The summed E-state index contributed by atoms with van der Waals surface area (Å²) < 4.78 is 10.7. The van der Waals surface area contributed by atoms with Crippen LogP contribution in [0.25, 0.3) is 16.7 Å². The molecule has 2 aromatic heterocycles. The molecule has 0 saturated heterocycles. The minimum absolute atomic E-state index is 0.0756. The van der Waals surface area contributed by atoms with E-state index in [1.165, 1.54) is 6.21 Å². The summed E-state index contributed by atoms with van der Waals surface area (Å²) in [7, 11) is 4.92. The van der Waals surface area contributed by atoms with Gasteiger partial charge in [-0.2, -0.15) is 0 Å². The monoisotopic (exact) mass is 408 g/mol. The first kappa shape index (κ1) is 21.0. The van der Waals surface area contributed by atoms with Crippen LogP contribution in [0.5, 0.6) is 11.5 Å². The van der Waals surface area contributed by atoms with Crippen LogP contribution >= 0.6 is 0 Å². The van der Waals surface area contributed by atoms with Gasteiger partial charge in [0.15, 0.2) is 5.65 Å². The van der Waals surface area contributed by atoms with Crippen molar-refractivity contribution in [2.75, 3.05) is 39.3 Å². The van der Waals surface area contributed by atoms with Gasteiger partial charge in [-0.1, -0.05) is 0 Å². The van der Waals surface area contributed by atoms with E-state index in [2.05, 4.69) is 20.3 Å². The Kier molecular flexibility index (Phi) is 6.76. The summed E-state index contributed by atoms with van der Waals surface area (Å²) in [6, 6.07) is 9.10. The summed E-state index contributed by atoms with van der Waals surface area (Å²) in [4.78, 5) is 15.5. The van der Waals surface area contributed by atoms with Crippen molar-refractivity contribution < 1.29 is 14.6 Å². The summed E-state index contributed by atoms with van der Waals surface area (Å²) >= 11 is 0. The predicted molar refractivity (Wildman–Crippen MR) is 117 cm³/mol. The van der Waals surface area contributed by atoms with Crippen molar-refractivity contribution in [3.63, 3.8) is 0 Å². The second kappa shape index (κ2) is 9.66. The molecule has 0 fully saturated rings. The van der Waals surface area contributed by atoms with Gasteiger partial charge in [0.2, 0.25) is 0 Å². The van der Waals surface area contributed by atoms with E-state index in [0.29, 0.717) is 46.3 Å². The van der Waals surface area contributed by atoms with E-state index in [4.69, 9.17) is 14.9 Å². The molecule has 0 amide bonds. The number of methoxy groups -OCH3 is 2. The smallest absolute Gasteiger partial charge is 0.180 e. The van der Waals surface area contributed by atoms with Crippen LogP contribution in [0.3, 0.4) is 0 Å². The van der Waals surface area contributed by atoms with Gasteiger partial charge < -0.3 is 30.2 Å². The molecule has 9 nitrogen and oxygen atoms in total. The van der Waals surface area contributed by atoms with Gasteiger partial charge in [-0.3, -0.25) is 4.98 Å². The lowest BCUT2D eigenvalue weighted by Crippen LogP contribution is -2.22. The lowest BCUT2D eigenvalue weighted by Gasteiger charge is -2.24. The molecule has 156 valence electrons. The summed E-state index contributed by atoms with van der Waals surface area (Å²) in [5.41, 5.74) is 2.94. The molecule has 0 atom stereocenters. The summed E-state index contributed by atoms with van der Waals surface area (Å²) in [6.07, 6.45) is 4.49. The number of aromatic nitrogens is 3. The highest BCUT2D eigenvalue weighted by atomic mass is 16.5. The van der Waals surface area contributed by atoms with E-state index in [9.17, 15) is 5.11 Å². The first-order chi connectivity index (χ1) is 14.6. The van der Waals surface area contributed by atoms with Crippen molar-refractivity contribution in [3.05, 3.63) is 48.4 Å². The largest absolute Gasteiger partial charge is 0.497 e. The number of hydrogen-bond donors (Lipinski definition) is 3. The quantitative estimate of drug-likeness (QED) is 0.462. The van der Waals surface area contributed by atoms with Crippen LogP contribution in [0.4, 0.5) is 11.5 Å². The Morgan fingerprint density at radius 2 is 1.90 bits per heavy atom. The standard InChI is InChI=1S/C21H24N6O3/c1-23-12-14(11-22)19-13-24-18-4-5-20(26-21(18)25-19)27(6-7-28)15-8-16(29-2)10-17(9-15)30-3/h4-5,8-13,22-23,28H,6-7H2,1-3H3/b14-12+,22-11?. The second-order valence-electron chi connectivity index (χ2n) is 6.25. The summed E-state index contributed by atoms with van der Waals surface area (Å²) in [5.74, 6) is 1.85. The van der Waals surface area contributed by atoms with Crippen molar-refractivity contribution in [1.29, 1.82) is 5.41 Å². The number of benzene rings is 1. The molecule has 0 aliphatic rings. The van der Waals surface area contributed by atoms with Gasteiger partial charge in [0.1, 0.15) is 22.8 Å². The maximum atomic E-state index is 9.63. The van der Waals surface area contributed by atoms with Gasteiger partial charge in [-0.05, 0) is 12.1 Å². The van der Waals surface area contributed by atoms with Gasteiger partial charge in [0.25, 0.3) is 0 Å². The highest BCUT2D eigenvalue weighted by molar-refractivity contribution is 6.07. The predicted octanol–water partition coefficient (Wildman–Crippen LogP) is 2.38. The lowest BCUT2D eigenvalue weighted by atomic mass is 10.2. The molecule has 9 heteroatoms. The number of hydrogen-bond acceptors (Lipinski definition) is 9. The Morgan fingerprint density at radius 1 is 1.17 bits per heavy atom. The number of ether oxygens (including phenoxy) is 2.